The maximum absolute atomic E-state index is 12.5. The van der Waals surface area contributed by atoms with Gasteiger partial charge < -0.3 is 9.72 Å². The monoisotopic (exact) mass is 364 g/mol. The molecular formula is C23H28N2O2. The van der Waals surface area contributed by atoms with Crippen LogP contribution < -0.4 is 0 Å². The fraction of sp³-hybridized carbons (Fsp3) is 0.391. The number of aromatic amines is 1. The summed E-state index contributed by atoms with van der Waals surface area (Å²) in [6.45, 7) is 8.76. The number of nitrogens with zero attached hydrogens (tertiary/aromatic N) is 1. The molecule has 2 unspecified atom stereocenters. The zero-order valence-electron chi connectivity index (χ0n) is 16.5. The molecule has 2 heterocycles. The van der Waals surface area contributed by atoms with Crippen LogP contribution in [0.25, 0.3) is 16.8 Å². The smallest absolute Gasteiger partial charge is 0.340 e. The molecule has 2 aromatic rings. The summed E-state index contributed by atoms with van der Waals surface area (Å²) in [5.74, 6) is 1.73. The minimum atomic E-state index is -0.304. The predicted molar refractivity (Wildman–Crippen MR) is 109 cm³/mol. The Morgan fingerprint density at radius 3 is 2.59 bits per heavy atom. The lowest BCUT2D eigenvalue weighted by Crippen LogP contribution is -2.30. The molecule has 1 aliphatic rings. The van der Waals surface area contributed by atoms with Crippen LogP contribution in [0.3, 0.4) is 0 Å². The van der Waals surface area contributed by atoms with Gasteiger partial charge in [-0.15, -0.1) is 0 Å². The number of nitrogens with one attached hydrogen (secondary N) is 1. The van der Waals surface area contributed by atoms with Crippen molar-refractivity contribution >= 4 is 11.5 Å². The zero-order chi connectivity index (χ0) is 19.4. The van der Waals surface area contributed by atoms with Gasteiger partial charge in [0.05, 0.1) is 17.9 Å². The van der Waals surface area contributed by atoms with E-state index < -0.39 is 0 Å². The largest absolute Gasteiger partial charge is 0.462 e. The summed E-state index contributed by atoms with van der Waals surface area (Å²) in [5, 5.41) is 0. The van der Waals surface area contributed by atoms with Gasteiger partial charge in [0, 0.05) is 23.7 Å². The second-order valence-corrected chi connectivity index (χ2v) is 7.30. The van der Waals surface area contributed by atoms with Gasteiger partial charge >= 0.3 is 5.97 Å². The maximum Gasteiger partial charge on any atom is 0.340 e. The number of carbonyl (C=O) groups is 1. The van der Waals surface area contributed by atoms with Crippen molar-refractivity contribution in [1.29, 1.82) is 0 Å². The number of carbonyl (C=O) groups excluding carboxylic acids is 1. The van der Waals surface area contributed by atoms with Gasteiger partial charge in [0.1, 0.15) is 0 Å². The lowest BCUT2D eigenvalue weighted by Gasteiger charge is -2.39. The maximum atomic E-state index is 12.5. The molecule has 2 aromatic heterocycles. The topological polar surface area (TPSA) is 55.0 Å². The van der Waals surface area contributed by atoms with Gasteiger partial charge in [-0.25, -0.2) is 4.79 Å². The minimum absolute atomic E-state index is 0.304. The molecule has 27 heavy (non-hydrogen) atoms. The first kappa shape index (κ1) is 19.2. The highest BCUT2D eigenvalue weighted by Gasteiger charge is 2.32. The lowest BCUT2D eigenvalue weighted by atomic mass is 9.66. The van der Waals surface area contributed by atoms with Crippen LogP contribution in [-0.4, -0.2) is 22.5 Å². The van der Waals surface area contributed by atoms with Gasteiger partial charge in [-0.1, -0.05) is 32.1 Å². The Morgan fingerprint density at radius 1 is 1.30 bits per heavy atom. The predicted octanol–water partition coefficient (Wildman–Crippen LogP) is 5.51. The van der Waals surface area contributed by atoms with E-state index in [0.717, 1.165) is 34.4 Å². The van der Waals surface area contributed by atoms with Crippen LogP contribution >= 0.6 is 0 Å². The minimum Gasteiger partial charge on any atom is -0.462 e. The SMILES string of the molecule is C/C=C(\C=C/C1C(C)CC1C)c1[nH]c(-c2ccncc2)cc1C(=O)OCC. The molecule has 0 aliphatic heterocycles. The molecule has 1 aliphatic carbocycles. The van der Waals surface area contributed by atoms with E-state index in [0.29, 0.717) is 18.1 Å². The average molecular weight is 364 g/mol. The Morgan fingerprint density at radius 2 is 2.00 bits per heavy atom. The Bertz CT molecular complexity index is 841. The number of pyridine rings is 1. The summed E-state index contributed by atoms with van der Waals surface area (Å²) >= 11 is 0. The van der Waals surface area contributed by atoms with Gasteiger partial charge in [0.25, 0.3) is 0 Å². The van der Waals surface area contributed by atoms with Gasteiger partial charge in [-0.3, -0.25) is 4.98 Å². The van der Waals surface area contributed by atoms with Crippen molar-refractivity contribution in [3.8, 4) is 11.3 Å². The molecular weight excluding hydrogens is 336 g/mol. The molecule has 4 heteroatoms. The number of esters is 1. The Hall–Kier alpha value is -2.62. The van der Waals surface area contributed by atoms with Gasteiger partial charge in [0.2, 0.25) is 0 Å². The number of rotatable bonds is 6. The third-order valence-electron chi connectivity index (χ3n) is 5.46. The van der Waals surface area contributed by atoms with Crippen LogP contribution in [0.5, 0.6) is 0 Å². The number of allylic oxidation sites excluding steroid dienone is 4. The molecule has 0 bridgehead atoms. The second kappa shape index (κ2) is 8.38. The molecule has 142 valence electrons. The van der Waals surface area contributed by atoms with Gasteiger partial charge in [-0.05, 0) is 61.8 Å². The van der Waals surface area contributed by atoms with Gasteiger partial charge in [-0.2, -0.15) is 0 Å². The van der Waals surface area contributed by atoms with E-state index in [4.69, 9.17) is 4.74 Å². The molecule has 0 radical (unpaired) electrons. The first-order valence-electron chi connectivity index (χ1n) is 9.70. The van der Waals surface area contributed by atoms with Crippen molar-refractivity contribution in [3.63, 3.8) is 0 Å². The Labute approximate surface area is 161 Å². The van der Waals surface area contributed by atoms with Crippen LogP contribution in [-0.2, 0) is 4.74 Å². The molecule has 0 spiro atoms. The third-order valence-corrected chi connectivity index (χ3v) is 5.46. The molecule has 0 aromatic carbocycles. The van der Waals surface area contributed by atoms with Crippen molar-refractivity contribution in [3.05, 3.63) is 60.1 Å². The summed E-state index contributed by atoms with van der Waals surface area (Å²) in [5.41, 5.74) is 4.25. The van der Waals surface area contributed by atoms with Crippen LogP contribution in [0.4, 0.5) is 0 Å². The third kappa shape index (κ3) is 4.05. The molecule has 1 saturated carbocycles. The highest BCUT2D eigenvalue weighted by Crippen LogP contribution is 2.41. The first-order valence-corrected chi connectivity index (χ1v) is 9.70. The van der Waals surface area contributed by atoms with E-state index in [-0.39, 0.29) is 5.97 Å². The summed E-state index contributed by atoms with van der Waals surface area (Å²) in [4.78, 5) is 20.0. The molecule has 1 N–H and O–H groups in total. The van der Waals surface area contributed by atoms with Crippen molar-refractivity contribution in [2.75, 3.05) is 6.61 Å². The molecule has 2 atom stereocenters. The lowest BCUT2D eigenvalue weighted by molar-refractivity contribution is 0.0526. The van der Waals surface area contributed by atoms with Crippen LogP contribution in [0.15, 0.2) is 48.8 Å². The summed E-state index contributed by atoms with van der Waals surface area (Å²) in [7, 11) is 0. The number of hydrogen-bond acceptors (Lipinski definition) is 3. The quantitative estimate of drug-likeness (QED) is 0.543. The van der Waals surface area contributed by atoms with E-state index in [9.17, 15) is 4.79 Å². The molecule has 4 nitrogen and oxygen atoms in total. The number of aromatic nitrogens is 2. The number of ether oxygens (including phenoxy) is 1. The van der Waals surface area contributed by atoms with Gasteiger partial charge in [0.15, 0.2) is 0 Å². The van der Waals surface area contributed by atoms with Crippen molar-refractivity contribution in [2.24, 2.45) is 17.8 Å². The van der Waals surface area contributed by atoms with E-state index in [1.165, 1.54) is 6.42 Å². The molecule has 1 fully saturated rings. The zero-order valence-corrected chi connectivity index (χ0v) is 16.5. The number of H-pyrrole nitrogens is 1. The fourth-order valence-corrected chi connectivity index (χ4v) is 3.92. The van der Waals surface area contributed by atoms with E-state index in [1.54, 1.807) is 12.4 Å². The molecule has 3 rings (SSSR count). The van der Waals surface area contributed by atoms with Crippen LogP contribution in [0.2, 0.25) is 0 Å². The van der Waals surface area contributed by atoms with Crippen molar-refractivity contribution in [1.82, 2.24) is 9.97 Å². The normalized spacial score (nSPS) is 22.7. The Balaban J connectivity index is 1.97. The van der Waals surface area contributed by atoms with Crippen molar-refractivity contribution < 1.29 is 9.53 Å². The van der Waals surface area contributed by atoms with E-state index in [1.807, 2.05) is 38.1 Å². The molecule has 0 saturated heterocycles. The second-order valence-electron chi connectivity index (χ2n) is 7.30. The Kier molecular flexibility index (Phi) is 5.94. The van der Waals surface area contributed by atoms with Crippen LogP contribution in [0.1, 0.15) is 50.2 Å². The highest BCUT2D eigenvalue weighted by atomic mass is 16.5. The summed E-state index contributed by atoms with van der Waals surface area (Å²) < 4.78 is 5.28. The molecule has 0 amide bonds. The average Bonchev–Trinajstić information content (AvgIpc) is 3.11. The first-order chi connectivity index (χ1) is 13.0. The van der Waals surface area contributed by atoms with Crippen molar-refractivity contribution in [2.45, 2.75) is 34.1 Å². The number of hydrogen-bond donors (Lipinski definition) is 1. The standard InChI is InChI=1S/C23H28N2O2/c1-5-17(7-8-19-15(3)13-16(19)4)22-20(23(26)27-6-2)14-21(25-22)18-9-11-24-12-10-18/h5,7-12,14-16,19,25H,6,13H2,1-4H3/b8-7-,17-5+. The summed E-state index contributed by atoms with van der Waals surface area (Å²) in [6.07, 6.45) is 11.2. The summed E-state index contributed by atoms with van der Waals surface area (Å²) in [6, 6.07) is 5.72. The van der Waals surface area contributed by atoms with E-state index >= 15 is 0 Å². The fourth-order valence-electron chi connectivity index (χ4n) is 3.92. The highest BCUT2D eigenvalue weighted by molar-refractivity contribution is 5.97. The van der Waals surface area contributed by atoms with Crippen LogP contribution in [0, 0.1) is 17.8 Å². The van der Waals surface area contributed by atoms with E-state index in [2.05, 4.69) is 36.0 Å².